The highest BCUT2D eigenvalue weighted by atomic mass is 16.6. The number of nitrogens with two attached hydrogens (primary N) is 1. The Bertz CT molecular complexity index is 1660. The molecule has 11 heteroatoms. The highest BCUT2D eigenvalue weighted by Gasteiger charge is 2.24. The Morgan fingerprint density at radius 2 is 1.89 bits per heavy atom. The molecule has 0 unspecified atom stereocenters. The van der Waals surface area contributed by atoms with Gasteiger partial charge in [0.05, 0.1) is 16.0 Å². The summed E-state index contributed by atoms with van der Waals surface area (Å²) in [6, 6.07) is 13.5. The largest absolute Gasteiger partial charge is 0.424 e. The molecule has 5 aromatic rings. The van der Waals surface area contributed by atoms with E-state index in [1.54, 1.807) is 36.5 Å². The zero-order valence-corrected chi connectivity index (χ0v) is 20.0. The minimum atomic E-state index is -0.450. The molecule has 0 fully saturated rings. The molecule has 3 aromatic heterocycles. The number of hydrogen-bond acceptors (Lipinski definition) is 9. The third-order valence-electron chi connectivity index (χ3n) is 5.98. The van der Waals surface area contributed by atoms with Crippen LogP contribution in [0.2, 0.25) is 0 Å². The third-order valence-corrected chi connectivity index (χ3v) is 5.98. The quantitative estimate of drug-likeness (QED) is 0.196. The first kappa shape index (κ1) is 23.5. The smallest absolute Gasteiger partial charge is 0.322 e. The number of nitrogen functional groups attached to an aromatic ring is 1. The average molecular weight is 495 g/mol. The second kappa shape index (κ2) is 9.46. The molecule has 0 bridgehead atoms. The summed E-state index contributed by atoms with van der Waals surface area (Å²) in [6.07, 6.45) is 3.90. The third kappa shape index (κ3) is 4.33. The molecule has 0 aliphatic rings. The van der Waals surface area contributed by atoms with Gasteiger partial charge in [-0.15, -0.1) is 0 Å². The number of fused-ring (bicyclic) bond motifs is 1. The first-order valence-electron chi connectivity index (χ1n) is 11.3. The van der Waals surface area contributed by atoms with Crippen LogP contribution in [0.5, 0.6) is 11.8 Å². The fourth-order valence-electron chi connectivity index (χ4n) is 4.33. The van der Waals surface area contributed by atoms with E-state index in [4.69, 9.17) is 10.5 Å². The lowest BCUT2D eigenvalue weighted by Gasteiger charge is -2.14. The predicted molar refractivity (Wildman–Crippen MR) is 137 cm³/mol. The van der Waals surface area contributed by atoms with Crippen LogP contribution in [-0.4, -0.2) is 35.7 Å². The molecule has 37 heavy (non-hydrogen) atoms. The number of aromatic nitrogens is 5. The Morgan fingerprint density at radius 1 is 1.11 bits per heavy atom. The minimum Gasteiger partial charge on any atom is -0.424 e. The van der Waals surface area contributed by atoms with Gasteiger partial charge >= 0.3 is 6.01 Å². The monoisotopic (exact) mass is 495 g/mol. The van der Waals surface area contributed by atoms with Crippen LogP contribution in [0.4, 0.5) is 11.5 Å². The Hall–Kier alpha value is -5.19. The van der Waals surface area contributed by atoms with Gasteiger partial charge in [0.1, 0.15) is 29.8 Å². The molecule has 0 saturated carbocycles. The van der Waals surface area contributed by atoms with Crippen molar-refractivity contribution < 1.29 is 14.5 Å². The van der Waals surface area contributed by atoms with Gasteiger partial charge in [-0.2, -0.15) is 0 Å². The lowest BCUT2D eigenvalue weighted by molar-refractivity contribution is -0.384. The van der Waals surface area contributed by atoms with E-state index < -0.39 is 4.92 Å². The van der Waals surface area contributed by atoms with E-state index in [1.807, 2.05) is 24.6 Å². The van der Waals surface area contributed by atoms with E-state index >= 15 is 0 Å². The molecule has 0 spiro atoms. The summed E-state index contributed by atoms with van der Waals surface area (Å²) in [6.45, 7) is 1.84. The number of aryl methyl sites for hydroxylation is 2. The van der Waals surface area contributed by atoms with Gasteiger partial charge in [0.15, 0.2) is 0 Å². The number of nitrogens with zero attached hydrogens (tertiary/aromatic N) is 6. The zero-order chi connectivity index (χ0) is 26.1. The molecule has 5 rings (SSSR count). The number of ether oxygens (including phenoxy) is 1. The predicted octanol–water partition coefficient (Wildman–Crippen LogP) is 4.42. The Kier molecular flexibility index (Phi) is 6.02. The van der Waals surface area contributed by atoms with E-state index in [0.717, 1.165) is 23.2 Å². The number of anilines is 1. The molecule has 0 aliphatic carbocycles. The van der Waals surface area contributed by atoms with E-state index in [0.29, 0.717) is 33.5 Å². The SMILES string of the molecule is Cc1ccnc(Oc2ccc(-c3c(-c4ccc([N+](=O)[O-])cc4)n(C)c4ncnc(N)c34)c(CC=O)c2)n1. The van der Waals surface area contributed by atoms with Crippen LogP contribution in [0.1, 0.15) is 11.3 Å². The topological polar surface area (TPSA) is 152 Å². The molecule has 0 saturated heterocycles. The molecule has 2 aromatic carbocycles. The molecular formula is C26H21N7O4. The van der Waals surface area contributed by atoms with Crippen molar-refractivity contribution in [1.82, 2.24) is 24.5 Å². The molecule has 0 atom stereocenters. The van der Waals surface area contributed by atoms with Crippen LogP contribution in [0.3, 0.4) is 0 Å². The maximum atomic E-state index is 11.7. The molecular weight excluding hydrogens is 474 g/mol. The number of rotatable bonds is 7. The molecule has 11 nitrogen and oxygen atoms in total. The van der Waals surface area contributed by atoms with Crippen molar-refractivity contribution >= 4 is 28.8 Å². The number of carbonyl (C=O) groups is 1. The van der Waals surface area contributed by atoms with Crippen molar-refractivity contribution in [2.24, 2.45) is 7.05 Å². The number of hydrogen-bond donors (Lipinski definition) is 1. The van der Waals surface area contributed by atoms with Crippen LogP contribution in [-0.2, 0) is 18.3 Å². The van der Waals surface area contributed by atoms with Gasteiger partial charge in [-0.3, -0.25) is 10.1 Å². The van der Waals surface area contributed by atoms with Crippen molar-refractivity contribution in [3.63, 3.8) is 0 Å². The fourth-order valence-corrected chi connectivity index (χ4v) is 4.33. The number of nitro benzene ring substituents is 1. The Morgan fingerprint density at radius 3 is 2.59 bits per heavy atom. The molecule has 0 aliphatic heterocycles. The number of benzene rings is 2. The minimum absolute atomic E-state index is 0.0233. The van der Waals surface area contributed by atoms with Crippen LogP contribution in [0.25, 0.3) is 33.4 Å². The summed E-state index contributed by atoms with van der Waals surface area (Å²) < 4.78 is 7.71. The normalized spacial score (nSPS) is 11.0. The van der Waals surface area contributed by atoms with Gasteiger partial charge in [-0.1, -0.05) is 6.07 Å². The Labute approximate surface area is 210 Å². The highest BCUT2D eigenvalue weighted by molar-refractivity contribution is 6.08. The second-order valence-electron chi connectivity index (χ2n) is 8.32. The zero-order valence-electron chi connectivity index (χ0n) is 20.0. The summed E-state index contributed by atoms with van der Waals surface area (Å²) in [5.41, 5.74) is 11.2. The van der Waals surface area contributed by atoms with Crippen LogP contribution < -0.4 is 10.5 Å². The van der Waals surface area contributed by atoms with E-state index in [1.165, 1.54) is 18.5 Å². The first-order chi connectivity index (χ1) is 17.9. The second-order valence-corrected chi connectivity index (χ2v) is 8.32. The van der Waals surface area contributed by atoms with Crippen molar-refractivity contribution in [2.75, 3.05) is 5.73 Å². The lowest BCUT2D eigenvalue weighted by Crippen LogP contribution is -1.98. The van der Waals surface area contributed by atoms with Crippen molar-refractivity contribution in [1.29, 1.82) is 0 Å². The molecule has 3 heterocycles. The molecule has 0 radical (unpaired) electrons. The Balaban J connectivity index is 1.73. The van der Waals surface area contributed by atoms with E-state index in [9.17, 15) is 14.9 Å². The molecule has 0 amide bonds. The lowest BCUT2D eigenvalue weighted by atomic mass is 9.93. The van der Waals surface area contributed by atoms with Gasteiger partial charge < -0.3 is 19.8 Å². The van der Waals surface area contributed by atoms with Gasteiger partial charge in [0, 0.05) is 43.1 Å². The summed E-state index contributed by atoms with van der Waals surface area (Å²) in [4.78, 5) is 39.4. The van der Waals surface area contributed by atoms with Crippen LogP contribution in [0.15, 0.2) is 61.1 Å². The maximum absolute atomic E-state index is 11.7. The summed E-state index contributed by atoms with van der Waals surface area (Å²) in [5.74, 6) is 0.738. The summed E-state index contributed by atoms with van der Waals surface area (Å²) >= 11 is 0. The van der Waals surface area contributed by atoms with Crippen LogP contribution >= 0.6 is 0 Å². The average Bonchev–Trinajstić information content (AvgIpc) is 3.18. The summed E-state index contributed by atoms with van der Waals surface area (Å²) in [7, 11) is 1.83. The first-order valence-corrected chi connectivity index (χ1v) is 11.3. The number of aldehydes is 1. The fraction of sp³-hybridized carbons (Fsp3) is 0.115. The van der Waals surface area contributed by atoms with Crippen LogP contribution in [0, 0.1) is 17.0 Å². The van der Waals surface area contributed by atoms with Crippen molar-refractivity contribution in [2.45, 2.75) is 13.3 Å². The maximum Gasteiger partial charge on any atom is 0.322 e. The molecule has 2 N–H and O–H groups in total. The standard InChI is InChI=1S/C26H21N7O4/c1-15-9-11-28-26(31-15)37-19-7-8-20(17(13-19)10-12-34)21-22-24(27)29-14-30-25(22)32(2)23(21)16-3-5-18(6-4-16)33(35)36/h3-9,11-14H,10H2,1-2H3,(H2,27,29,30). The van der Waals surface area contributed by atoms with E-state index in [2.05, 4.69) is 19.9 Å². The molecule has 184 valence electrons. The van der Waals surface area contributed by atoms with Gasteiger partial charge in [0.2, 0.25) is 0 Å². The van der Waals surface area contributed by atoms with Crippen molar-refractivity contribution in [3.8, 4) is 34.1 Å². The number of carbonyl (C=O) groups excluding carboxylic acids is 1. The summed E-state index contributed by atoms with van der Waals surface area (Å²) in [5, 5.41) is 11.8. The highest BCUT2D eigenvalue weighted by Crippen LogP contribution is 2.43. The van der Waals surface area contributed by atoms with Gasteiger partial charge in [-0.05, 0) is 53.9 Å². The van der Waals surface area contributed by atoms with Gasteiger partial charge in [-0.25, -0.2) is 19.9 Å². The van der Waals surface area contributed by atoms with Crippen molar-refractivity contribution in [3.05, 3.63) is 82.4 Å². The number of nitro groups is 1. The number of non-ortho nitro benzene ring substituents is 1. The van der Waals surface area contributed by atoms with Gasteiger partial charge in [0.25, 0.3) is 5.69 Å². The van der Waals surface area contributed by atoms with E-state index in [-0.39, 0.29) is 23.9 Å².